The molecule has 0 saturated carbocycles. The maximum Gasteiger partial charge on any atom is 0.334 e. The van der Waals surface area contributed by atoms with Gasteiger partial charge in [-0.2, -0.15) is 0 Å². The number of aliphatic hydroxyl groups is 3. The van der Waals surface area contributed by atoms with Gasteiger partial charge in [-0.05, 0) is 57.9 Å². The van der Waals surface area contributed by atoms with Gasteiger partial charge in [0.05, 0.1) is 30.5 Å². The van der Waals surface area contributed by atoms with Crippen molar-refractivity contribution < 1.29 is 29.6 Å². The summed E-state index contributed by atoms with van der Waals surface area (Å²) in [5, 5.41) is 31.4. The SMILES string of the molecule is CCCCCCCCCCCC[C@@H](O)[C@H]1CC[C@H]([C@H](O)CCCCCCCCCCC[C@H](O)CCC2=C[C@@H](C)OC2=O)O1. The van der Waals surface area contributed by atoms with E-state index in [0.717, 1.165) is 64.2 Å². The van der Waals surface area contributed by atoms with E-state index in [4.69, 9.17) is 9.47 Å². The number of esters is 1. The maximum atomic E-state index is 11.6. The highest BCUT2D eigenvalue weighted by Gasteiger charge is 2.34. The number of unbranched alkanes of at least 4 members (excludes halogenated alkanes) is 17. The van der Waals surface area contributed by atoms with E-state index < -0.39 is 6.10 Å². The van der Waals surface area contributed by atoms with Crippen molar-refractivity contribution in [3.05, 3.63) is 11.6 Å². The van der Waals surface area contributed by atoms with Crippen molar-refractivity contribution >= 4 is 5.97 Å². The number of aliphatic hydroxyl groups excluding tert-OH is 3. The second kappa shape index (κ2) is 24.3. The zero-order valence-electron chi connectivity index (χ0n) is 28.0. The van der Waals surface area contributed by atoms with Crippen LogP contribution in [-0.4, -0.2) is 57.9 Å². The summed E-state index contributed by atoms with van der Waals surface area (Å²) in [6.45, 7) is 4.12. The molecule has 0 spiro atoms. The molecule has 0 aromatic rings. The van der Waals surface area contributed by atoms with Crippen LogP contribution in [0.2, 0.25) is 0 Å². The van der Waals surface area contributed by atoms with Crippen LogP contribution >= 0.6 is 0 Å². The first-order valence-electron chi connectivity index (χ1n) is 18.5. The summed E-state index contributed by atoms with van der Waals surface area (Å²) in [5.74, 6) is -0.224. The van der Waals surface area contributed by atoms with Gasteiger partial charge in [-0.15, -0.1) is 0 Å². The smallest absolute Gasteiger partial charge is 0.334 e. The van der Waals surface area contributed by atoms with Crippen LogP contribution in [0.15, 0.2) is 11.6 Å². The number of ether oxygens (including phenoxy) is 2. The summed E-state index contributed by atoms with van der Waals surface area (Å²) in [5.41, 5.74) is 0.714. The van der Waals surface area contributed by atoms with Crippen LogP contribution in [0.25, 0.3) is 0 Å². The molecule has 43 heavy (non-hydrogen) atoms. The third-order valence-electron chi connectivity index (χ3n) is 9.57. The first-order valence-corrected chi connectivity index (χ1v) is 18.5. The highest BCUT2D eigenvalue weighted by molar-refractivity contribution is 5.90. The molecule has 0 amide bonds. The summed E-state index contributed by atoms with van der Waals surface area (Å²) >= 11 is 0. The summed E-state index contributed by atoms with van der Waals surface area (Å²) < 4.78 is 11.2. The molecule has 0 aromatic carbocycles. The Balaban J connectivity index is 1.35. The van der Waals surface area contributed by atoms with Crippen LogP contribution in [0, 0.1) is 0 Å². The topological polar surface area (TPSA) is 96.2 Å². The molecule has 252 valence electrons. The fourth-order valence-corrected chi connectivity index (χ4v) is 6.72. The van der Waals surface area contributed by atoms with Gasteiger partial charge >= 0.3 is 5.97 Å². The van der Waals surface area contributed by atoms with Crippen molar-refractivity contribution in [1.29, 1.82) is 0 Å². The fraction of sp³-hybridized carbons (Fsp3) is 0.919. The van der Waals surface area contributed by atoms with Crippen LogP contribution in [0.4, 0.5) is 0 Å². The molecule has 2 aliphatic rings. The van der Waals surface area contributed by atoms with Gasteiger partial charge in [-0.25, -0.2) is 4.79 Å². The zero-order valence-corrected chi connectivity index (χ0v) is 28.0. The van der Waals surface area contributed by atoms with Gasteiger partial charge in [0.15, 0.2) is 0 Å². The van der Waals surface area contributed by atoms with E-state index in [1.807, 2.05) is 13.0 Å². The lowest BCUT2D eigenvalue weighted by Crippen LogP contribution is -2.31. The molecule has 0 aliphatic carbocycles. The number of hydrogen-bond donors (Lipinski definition) is 3. The minimum absolute atomic E-state index is 0.0965. The van der Waals surface area contributed by atoms with Crippen molar-refractivity contribution in [3.63, 3.8) is 0 Å². The van der Waals surface area contributed by atoms with Crippen molar-refractivity contribution in [2.45, 2.75) is 217 Å². The number of rotatable bonds is 28. The molecular formula is C37H68O6. The molecule has 0 radical (unpaired) electrons. The van der Waals surface area contributed by atoms with E-state index >= 15 is 0 Å². The molecule has 2 aliphatic heterocycles. The van der Waals surface area contributed by atoms with Crippen LogP contribution < -0.4 is 0 Å². The lowest BCUT2D eigenvalue weighted by Gasteiger charge is -2.22. The summed E-state index contributed by atoms with van der Waals surface area (Å²) in [6.07, 6.45) is 29.4. The predicted molar refractivity (Wildman–Crippen MR) is 176 cm³/mol. The van der Waals surface area contributed by atoms with Gasteiger partial charge in [-0.3, -0.25) is 0 Å². The van der Waals surface area contributed by atoms with E-state index in [9.17, 15) is 20.1 Å². The lowest BCUT2D eigenvalue weighted by atomic mass is 9.99. The van der Waals surface area contributed by atoms with Gasteiger partial charge in [0.2, 0.25) is 0 Å². The van der Waals surface area contributed by atoms with E-state index in [1.165, 1.54) is 89.9 Å². The Kier molecular flexibility index (Phi) is 21.6. The van der Waals surface area contributed by atoms with Crippen molar-refractivity contribution in [2.75, 3.05) is 0 Å². The first-order chi connectivity index (χ1) is 20.9. The minimum atomic E-state index is -0.405. The monoisotopic (exact) mass is 609 g/mol. The molecule has 2 heterocycles. The van der Waals surface area contributed by atoms with Gasteiger partial charge in [0.1, 0.15) is 6.10 Å². The van der Waals surface area contributed by atoms with E-state index in [1.54, 1.807) is 0 Å². The third kappa shape index (κ3) is 18.0. The van der Waals surface area contributed by atoms with E-state index in [-0.39, 0.29) is 36.5 Å². The maximum absolute atomic E-state index is 11.6. The number of carbonyl (C=O) groups excluding carboxylic acids is 1. The van der Waals surface area contributed by atoms with Crippen LogP contribution in [0.3, 0.4) is 0 Å². The lowest BCUT2D eigenvalue weighted by molar-refractivity contribution is -0.139. The highest BCUT2D eigenvalue weighted by Crippen LogP contribution is 2.28. The van der Waals surface area contributed by atoms with Crippen molar-refractivity contribution in [2.24, 2.45) is 0 Å². The van der Waals surface area contributed by atoms with Crippen LogP contribution in [-0.2, 0) is 14.3 Å². The molecule has 0 aromatic heterocycles. The number of carbonyl (C=O) groups is 1. The van der Waals surface area contributed by atoms with Gasteiger partial charge in [-0.1, -0.05) is 129 Å². The fourth-order valence-electron chi connectivity index (χ4n) is 6.72. The van der Waals surface area contributed by atoms with E-state index in [0.29, 0.717) is 18.4 Å². The minimum Gasteiger partial charge on any atom is -0.455 e. The molecule has 1 fully saturated rings. The predicted octanol–water partition coefficient (Wildman–Crippen LogP) is 8.87. The average Bonchev–Trinajstić information content (AvgIpc) is 3.61. The Morgan fingerprint density at radius 2 is 1.07 bits per heavy atom. The molecule has 2 rings (SSSR count). The Labute approximate surface area is 264 Å². The first kappa shape index (κ1) is 38.2. The molecule has 6 atom stereocenters. The molecule has 6 nitrogen and oxygen atoms in total. The quantitative estimate of drug-likeness (QED) is 0.0606. The second-order valence-electron chi connectivity index (χ2n) is 13.6. The zero-order chi connectivity index (χ0) is 31.1. The molecular weight excluding hydrogens is 540 g/mol. The normalized spacial score (nSPS) is 22.5. The highest BCUT2D eigenvalue weighted by atomic mass is 16.5. The molecule has 1 saturated heterocycles. The molecule has 3 N–H and O–H groups in total. The second-order valence-corrected chi connectivity index (χ2v) is 13.6. The van der Waals surface area contributed by atoms with Crippen molar-refractivity contribution in [1.82, 2.24) is 0 Å². The van der Waals surface area contributed by atoms with E-state index in [2.05, 4.69) is 6.92 Å². The van der Waals surface area contributed by atoms with Crippen LogP contribution in [0.5, 0.6) is 0 Å². The standard InChI is InChI=1S/C37H68O6/c1-3-4-5-6-7-8-11-14-17-20-23-33(39)35-27-28-36(43-35)34(40)24-21-18-15-12-9-10-13-16-19-22-32(38)26-25-31-29-30(2)42-37(31)41/h29-30,32-36,38-40H,3-28H2,1-2H3/t30-,32+,33-,34-,35-,36-/m1/s1. The average molecular weight is 609 g/mol. The summed E-state index contributed by atoms with van der Waals surface area (Å²) in [7, 11) is 0. The Hall–Kier alpha value is -0.950. The number of cyclic esters (lactones) is 1. The summed E-state index contributed by atoms with van der Waals surface area (Å²) in [4.78, 5) is 11.6. The molecule has 0 unspecified atom stereocenters. The molecule has 6 heteroatoms. The Bertz CT molecular complexity index is 724. The van der Waals surface area contributed by atoms with Gasteiger partial charge in [0, 0.05) is 5.57 Å². The summed E-state index contributed by atoms with van der Waals surface area (Å²) in [6, 6.07) is 0. The third-order valence-corrected chi connectivity index (χ3v) is 9.57. The Morgan fingerprint density at radius 3 is 1.49 bits per heavy atom. The van der Waals surface area contributed by atoms with Gasteiger partial charge < -0.3 is 24.8 Å². The van der Waals surface area contributed by atoms with Crippen molar-refractivity contribution in [3.8, 4) is 0 Å². The van der Waals surface area contributed by atoms with Crippen LogP contribution in [0.1, 0.15) is 181 Å². The Morgan fingerprint density at radius 1 is 0.651 bits per heavy atom. The van der Waals surface area contributed by atoms with Gasteiger partial charge in [0.25, 0.3) is 0 Å². The largest absolute Gasteiger partial charge is 0.455 e. The molecule has 0 bridgehead atoms. The number of hydrogen-bond acceptors (Lipinski definition) is 6.